The number of methoxy groups -OCH3 is 1. The third-order valence-electron chi connectivity index (χ3n) is 9.09. The Hall–Kier alpha value is -4.34. The third-order valence-corrected chi connectivity index (χ3v) is 9.09. The van der Waals surface area contributed by atoms with E-state index in [2.05, 4.69) is 45.5 Å². The Morgan fingerprint density at radius 3 is 2.70 bits per heavy atom. The van der Waals surface area contributed by atoms with Gasteiger partial charge in [-0.25, -0.2) is 4.79 Å². The molecule has 0 spiro atoms. The van der Waals surface area contributed by atoms with Crippen molar-refractivity contribution in [3.05, 3.63) is 47.7 Å². The summed E-state index contributed by atoms with van der Waals surface area (Å²) in [5.74, 6) is 1.61. The Kier molecular flexibility index (Phi) is 9.30. The molecule has 1 saturated carbocycles. The minimum atomic E-state index is -0.585. The van der Waals surface area contributed by atoms with Crippen LogP contribution in [0, 0.1) is 11.3 Å². The number of ether oxygens (including phenoxy) is 4. The Bertz CT molecular complexity index is 1650. The number of piperazine rings is 1. The van der Waals surface area contributed by atoms with Crippen molar-refractivity contribution in [2.45, 2.75) is 70.2 Å². The standard InChI is InChI=1S/C35H45N7O5/c1-34(2,3)47-33(43)40(4)35(12-13-35)22-45-32-38-29-21-41(30-19-26(46-23-44-5)18-24-8-6-7-9-27(24)30)16-11-28(29)31(39-32)42-17-15-37-25(20-42)10-14-36/h6-9,18-19,25,37H,10-13,15-17,20-23H2,1-5H3/t25-/m0/s1. The number of nitrogens with one attached hydrogen (secondary N) is 1. The molecule has 0 radical (unpaired) electrons. The largest absolute Gasteiger partial charge is 0.467 e. The molecule has 1 aromatic heterocycles. The van der Waals surface area contributed by atoms with Crippen molar-refractivity contribution in [2.75, 3.05) is 63.5 Å². The number of nitrogens with zero attached hydrogens (tertiary/aromatic N) is 6. The van der Waals surface area contributed by atoms with Crippen molar-refractivity contribution in [1.29, 1.82) is 5.26 Å². The molecule has 1 atom stereocenters. The van der Waals surface area contributed by atoms with Crippen molar-refractivity contribution >= 4 is 28.4 Å². The molecule has 2 aromatic carbocycles. The first-order valence-electron chi connectivity index (χ1n) is 16.3. The lowest BCUT2D eigenvalue weighted by atomic mass is 10.0. The smallest absolute Gasteiger partial charge is 0.410 e. The highest BCUT2D eigenvalue weighted by molar-refractivity contribution is 5.95. The van der Waals surface area contributed by atoms with Crippen LogP contribution in [0.25, 0.3) is 10.8 Å². The number of fused-ring (bicyclic) bond motifs is 2. The van der Waals surface area contributed by atoms with Crippen LogP contribution in [0.1, 0.15) is 51.3 Å². The molecule has 12 nitrogen and oxygen atoms in total. The second-order valence-electron chi connectivity index (χ2n) is 13.7. The first-order chi connectivity index (χ1) is 22.6. The number of amides is 1. The summed E-state index contributed by atoms with van der Waals surface area (Å²) < 4.78 is 23.1. The molecule has 2 aliphatic heterocycles. The minimum absolute atomic E-state index is 0.0576. The van der Waals surface area contributed by atoms with Crippen LogP contribution in [0.2, 0.25) is 0 Å². The Morgan fingerprint density at radius 1 is 1.15 bits per heavy atom. The van der Waals surface area contributed by atoms with Gasteiger partial charge in [-0.1, -0.05) is 24.3 Å². The summed E-state index contributed by atoms with van der Waals surface area (Å²) in [6, 6.07) is 15.1. The van der Waals surface area contributed by atoms with Gasteiger partial charge in [-0.15, -0.1) is 0 Å². The van der Waals surface area contributed by atoms with Gasteiger partial charge < -0.3 is 39.0 Å². The molecule has 2 fully saturated rings. The molecular formula is C35H45N7O5. The lowest BCUT2D eigenvalue weighted by Gasteiger charge is -2.37. The molecule has 6 rings (SSSR count). The van der Waals surface area contributed by atoms with Gasteiger partial charge in [0, 0.05) is 69.1 Å². The lowest BCUT2D eigenvalue weighted by molar-refractivity contribution is 0.0134. The van der Waals surface area contributed by atoms with Gasteiger partial charge in [0.15, 0.2) is 6.79 Å². The van der Waals surface area contributed by atoms with E-state index in [1.165, 1.54) is 0 Å². The highest BCUT2D eigenvalue weighted by atomic mass is 16.7. The summed E-state index contributed by atoms with van der Waals surface area (Å²) in [5.41, 5.74) is 2.04. The number of anilines is 2. The second kappa shape index (κ2) is 13.4. The zero-order valence-electron chi connectivity index (χ0n) is 28.0. The van der Waals surface area contributed by atoms with E-state index in [-0.39, 0.29) is 25.5 Å². The van der Waals surface area contributed by atoms with Crippen molar-refractivity contribution in [3.63, 3.8) is 0 Å². The van der Waals surface area contributed by atoms with Crippen molar-refractivity contribution in [1.82, 2.24) is 20.2 Å². The SMILES string of the molecule is COCOc1cc(N2CCc3c(nc(OCC4(N(C)C(=O)OC(C)(C)C)CC4)nc3N3CCN[C@@H](CC#N)C3)C2)c2ccccc2c1. The van der Waals surface area contributed by atoms with Gasteiger partial charge in [0.2, 0.25) is 0 Å². The van der Waals surface area contributed by atoms with E-state index in [1.807, 2.05) is 32.9 Å². The predicted molar refractivity (Wildman–Crippen MR) is 179 cm³/mol. The molecule has 0 unspecified atom stereocenters. The van der Waals surface area contributed by atoms with Gasteiger partial charge in [-0.05, 0) is 51.5 Å². The predicted octanol–water partition coefficient (Wildman–Crippen LogP) is 4.65. The maximum atomic E-state index is 12.9. The van der Waals surface area contributed by atoms with Crippen LogP contribution in [0.5, 0.6) is 11.8 Å². The van der Waals surface area contributed by atoms with Gasteiger partial charge >= 0.3 is 12.1 Å². The fourth-order valence-corrected chi connectivity index (χ4v) is 6.36. The van der Waals surface area contributed by atoms with E-state index in [9.17, 15) is 10.1 Å². The summed E-state index contributed by atoms with van der Waals surface area (Å²) >= 11 is 0. The summed E-state index contributed by atoms with van der Waals surface area (Å²) in [6.07, 6.45) is 2.44. The second-order valence-corrected chi connectivity index (χ2v) is 13.7. The van der Waals surface area contributed by atoms with E-state index >= 15 is 0 Å². The van der Waals surface area contributed by atoms with Gasteiger partial charge in [-0.3, -0.25) is 0 Å². The molecule has 1 amide bonds. The molecule has 250 valence electrons. The maximum Gasteiger partial charge on any atom is 0.410 e. The monoisotopic (exact) mass is 643 g/mol. The normalized spacial score (nSPS) is 18.7. The number of aromatic nitrogens is 2. The first kappa shape index (κ1) is 32.6. The van der Waals surface area contributed by atoms with Gasteiger partial charge in [-0.2, -0.15) is 15.2 Å². The van der Waals surface area contributed by atoms with Crippen molar-refractivity contribution in [3.8, 4) is 17.8 Å². The third kappa shape index (κ3) is 7.31. The quantitative estimate of drug-likeness (QED) is 0.311. The molecule has 1 aliphatic carbocycles. The summed E-state index contributed by atoms with van der Waals surface area (Å²) in [6.45, 7) is 9.58. The van der Waals surface area contributed by atoms with E-state index in [1.54, 1.807) is 19.1 Å². The van der Waals surface area contributed by atoms with Crippen LogP contribution in [-0.4, -0.2) is 91.9 Å². The highest BCUT2D eigenvalue weighted by Crippen LogP contribution is 2.42. The van der Waals surface area contributed by atoms with Crippen LogP contribution < -0.4 is 24.6 Å². The molecule has 0 bridgehead atoms. The average Bonchev–Trinajstić information content (AvgIpc) is 3.85. The number of rotatable bonds is 10. The van der Waals surface area contributed by atoms with E-state index < -0.39 is 11.1 Å². The molecule has 1 saturated heterocycles. The van der Waals surface area contributed by atoms with Gasteiger partial charge in [0.25, 0.3) is 0 Å². The fourth-order valence-electron chi connectivity index (χ4n) is 6.36. The van der Waals surface area contributed by atoms with Crippen LogP contribution in [-0.2, 0) is 22.4 Å². The van der Waals surface area contributed by atoms with Crippen LogP contribution in [0.3, 0.4) is 0 Å². The summed E-state index contributed by atoms with van der Waals surface area (Å²) in [4.78, 5) is 29.1. The number of hydrogen-bond acceptors (Lipinski definition) is 11. The molecular weight excluding hydrogens is 598 g/mol. The minimum Gasteiger partial charge on any atom is -0.467 e. The Morgan fingerprint density at radius 2 is 1.96 bits per heavy atom. The number of nitriles is 1. The highest BCUT2D eigenvalue weighted by Gasteiger charge is 2.51. The maximum absolute atomic E-state index is 12.9. The van der Waals surface area contributed by atoms with Gasteiger partial charge in [0.05, 0.1) is 30.3 Å². The molecule has 3 heterocycles. The van der Waals surface area contributed by atoms with Crippen molar-refractivity contribution < 1.29 is 23.7 Å². The van der Waals surface area contributed by atoms with Gasteiger partial charge in [0.1, 0.15) is 23.8 Å². The van der Waals surface area contributed by atoms with E-state index in [4.69, 9.17) is 28.9 Å². The van der Waals surface area contributed by atoms with Crippen LogP contribution in [0.15, 0.2) is 36.4 Å². The molecule has 3 aliphatic rings. The zero-order chi connectivity index (χ0) is 33.2. The van der Waals surface area contributed by atoms with Crippen molar-refractivity contribution in [2.24, 2.45) is 0 Å². The summed E-state index contributed by atoms with van der Waals surface area (Å²) in [5, 5.41) is 15.1. The van der Waals surface area contributed by atoms with Crippen LogP contribution >= 0.6 is 0 Å². The number of carbonyl (C=O) groups is 1. The Balaban J connectivity index is 1.31. The average molecular weight is 644 g/mol. The molecule has 47 heavy (non-hydrogen) atoms. The number of likely N-dealkylation sites (N-methyl/N-ethyl adjacent to an activating group) is 1. The lowest BCUT2D eigenvalue weighted by Crippen LogP contribution is -2.51. The van der Waals surface area contributed by atoms with E-state index in [0.29, 0.717) is 25.5 Å². The molecule has 1 N–H and O–H groups in total. The van der Waals surface area contributed by atoms with E-state index in [0.717, 1.165) is 78.2 Å². The summed E-state index contributed by atoms with van der Waals surface area (Å²) in [7, 11) is 3.38. The fraction of sp³-hybridized carbons (Fsp3) is 0.543. The van der Waals surface area contributed by atoms with Crippen LogP contribution in [0.4, 0.5) is 16.3 Å². The number of carbonyl (C=O) groups excluding carboxylic acids is 1. The molecule has 12 heteroatoms. The Labute approximate surface area is 276 Å². The number of benzene rings is 2. The molecule has 3 aromatic rings. The first-order valence-corrected chi connectivity index (χ1v) is 16.3. The zero-order valence-corrected chi connectivity index (χ0v) is 28.0. The topological polar surface area (TPSA) is 125 Å². The number of hydrogen-bond donors (Lipinski definition) is 1.